The van der Waals surface area contributed by atoms with Crippen LogP contribution in [0.15, 0.2) is 48.5 Å². The maximum absolute atomic E-state index is 13.8. The number of amides is 2. The third-order valence-electron chi connectivity index (χ3n) is 5.16. The molecular weight excluding hydrogens is 466 g/mol. The van der Waals surface area contributed by atoms with E-state index >= 15 is 0 Å². The molecule has 172 valence electrons. The molecule has 2 amide bonds. The average molecular weight is 482 g/mol. The number of hydrogen-bond donors (Lipinski definition) is 0. The molecule has 1 aliphatic heterocycles. The first-order valence-corrected chi connectivity index (χ1v) is 10.2. The minimum atomic E-state index is -4.94. The van der Waals surface area contributed by atoms with Crippen molar-refractivity contribution < 1.29 is 27.2 Å². The number of nitrogens with zero attached hydrogens (tertiary/aromatic N) is 5. The molecule has 7 nitrogen and oxygen atoms in total. The zero-order valence-corrected chi connectivity index (χ0v) is 17.6. The van der Waals surface area contributed by atoms with Crippen molar-refractivity contribution in [2.45, 2.75) is 6.18 Å². The minimum Gasteiger partial charge on any atom is -0.335 e. The van der Waals surface area contributed by atoms with Crippen LogP contribution in [0.4, 0.5) is 17.6 Å². The lowest BCUT2D eigenvalue weighted by molar-refractivity contribution is -0.143. The molecule has 2 aromatic carbocycles. The van der Waals surface area contributed by atoms with Crippen LogP contribution in [0.1, 0.15) is 26.5 Å². The Labute approximate surface area is 190 Å². The van der Waals surface area contributed by atoms with E-state index in [4.69, 9.17) is 11.6 Å². The highest BCUT2D eigenvalue weighted by Crippen LogP contribution is 2.33. The lowest BCUT2D eigenvalue weighted by atomic mass is 10.1. The second kappa shape index (κ2) is 8.81. The first kappa shape index (κ1) is 22.7. The van der Waals surface area contributed by atoms with E-state index in [1.54, 1.807) is 24.3 Å². The molecule has 0 aliphatic carbocycles. The topological polar surface area (TPSA) is 71.3 Å². The SMILES string of the molecule is O=C(c1ccc(Cl)cc1)N1CCN(C(=O)c2nnn(-c3ccc(F)cc3)c2C(F)(F)F)CC1. The van der Waals surface area contributed by atoms with E-state index in [0.29, 0.717) is 15.3 Å². The molecule has 3 aromatic rings. The fraction of sp³-hybridized carbons (Fsp3) is 0.238. The lowest BCUT2D eigenvalue weighted by Gasteiger charge is -2.34. The monoisotopic (exact) mass is 481 g/mol. The highest BCUT2D eigenvalue weighted by Gasteiger charge is 2.43. The normalized spacial score (nSPS) is 14.5. The van der Waals surface area contributed by atoms with Crippen LogP contribution in [0.25, 0.3) is 5.69 Å². The van der Waals surface area contributed by atoms with Crippen molar-refractivity contribution in [3.8, 4) is 5.69 Å². The Balaban J connectivity index is 1.52. The zero-order valence-electron chi connectivity index (χ0n) is 16.9. The van der Waals surface area contributed by atoms with E-state index in [1.807, 2.05) is 0 Å². The van der Waals surface area contributed by atoms with Gasteiger partial charge in [-0.3, -0.25) is 9.59 Å². The summed E-state index contributed by atoms with van der Waals surface area (Å²) in [7, 11) is 0. The summed E-state index contributed by atoms with van der Waals surface area (Å²) in [5, 5.41) is 7.45. The highest BCUT2D eigenvalue weighted by molar-refractivity contribution is 6.30. The van der Waals surface area contributed by atoms with Crippen molar-refractivity contribution in [3.05, 3.63) is 76.3 Å². The average Bonchev–Trinajstić information content (AvgIpc) is 3.25. The number of hydrogen-bond acceptors (Lipinski definition) is 4. The predicted molar refractivity (Wildman–Crippen MR) is 110 cm³/mol. The molecule has 0 atom stereocenters. The quantitative estimate of drug-likeness (QED) is 0.535. The molecule has 1 saturated heterocycles. The van der Waals surface area contributed by atoms with Gasteiger partial charge in [-0.05, 0) is 48.5 Å². The van der Waals surface area contributed by atoms with Gasteiger partial charge in [0.15, 0.2) is 11.4 Å². The lowest BCUT2D eigenvalue weighted by Crippen LogP contribution is -2.51. The number of alkyl halides is 3. The molecule has 12 heteroatoms. The van der Waals surface area contributed by atoms with Crippen LogP contribution >= 0.6 is 11.6 Å². The van der Waals surface area contributed by atoms with Crippen molar-refractivity contribution >= 4 is 23.4 Å². The van der Waals surface area contributed by atoms with Gasteiger partial charge in [-0.25, -0.2) is 9.07 Å². The number of aromatic nitrogens is 3. The van der Waals surface area contributed by atoms with Crippen molar-refractivity contribution in [1.82, 2.24) is 24.8 Å². The molecular formula is C21H16ClF4N5O2. The van der Waals surface area contributed by atoms with Crippen LogP contribution in [0.2, 0.25) is 5.02 Å². The van der Waals surface area contributed by atoms with Crippen molar-refractivity contribution in [1.29, 1.82) is 0 Å². The minimum absolute atomic E-state index is 0.0267. The Bertz CT molecular complexity index is 1170. The Morgan fingerprint density at radius 1 is 0.848 bits per heavy atom. The third-order valence-corrected chi connectivity index (χ3v) is 5.41. The van der Waals surface area contributed by atoms with E-state index in [1.165, 1.54) is 9.80 Å². The number of carbonyl (C=O) groups excluding carboxylic acids is 2. The first-order chi connectivity index (χ1) is 15.6. The van der Waals surface area contributed by atoms with E-state index in [0.717, 1.165) is 24.3 Å². The summed E-state index contributed by atoms with van der Waals surface area (Å²) >= 11 is 5.83. The van der Waals surface area contributed by atoms with Gasteiger partial charge in [-0.15, -0.1) is 5.10 Å². The number of halogens is 5. The molecule has 0 N–H and O–H groups in total. The van der Waals surface area contributed by atoms with Gasteiger partial charge in [0, 0.05) is 36.8 Å². The number of piperazine rings is 1. The molecule has 2 heterocycles. The summed E-state index contributed by atoms with van der Waals surface area (Å²) in [6.07, 6.45) is -4.94. The molecule has 0 unspecified atom stereocenters. The molecule has 1 aliphatic rings. The summed E-state index contributed by atoms with van der Waals surface area (Å²) < 4.78 is 55.1. The molecule has 1 fully saturated rings. The van der Waals surface area contributed by atoms with Gasteiger partial charge < -0.3 is 9.80 Å². The standard InChI is InChI=1S/C21H16ClF4N5O2/c22-14-3-1-13(2-4-14)19(32)29-9-11-30(12-10-29)20(33)17-18(21(24,25)26)31(28-27-17)16-7-5-15(23)6-8-16/h1-8H,9-12H2. The van der Waals surface area contributed by atoms with Crippen LogP contribution in [0.5, 0.6) is 0 Å². The van der Waals surface area contributed by atoms with E-state index < -0.39 is 29.3 Å². The smallest absolute Gasteiger partial charge is 0.335 e. The Hall–Kier alpha value is -3.47. The van der Waals surface area contributed by atoms with Gasteiger partial charge in [-0.2, -0.15) is 13.2 Å². The Kier molecular flexibility index (Phi) is 6.07. The first-order valence-electron chi connectivity index (χ1n) is 9.78. The molecule has 0 bridgehead atoms. The molecule has 33 heavy (non-hydrogen) atoms. The van der Waals surface area contributed by atoms with Gasteiger partial charge in [0.1, 0.15) is 5.82 Å². The van der Waals surface area contributed by atoms with Gasteiger partial charge in [0.25, 0.3) is 11.8 Å². The second-order valence-corrected chi connectivity index (χ2v) is 7.70. The van der Waals surface area contributed by atoms with Gasteiger partial charge in [0.2, 0.25) is 0 Å². The second-order valence-electron chi connectivity index (χ2n) is 7.26. The summed E-state index contributed by atoms with van der Waals surface area (Å²) in [5.74, 6) is -1.85. The van der Waals surface area contributed by atoms with Crippen molar-refractivity contribution in [2.24, 2.45) is 0 Å². The largest absolute Gasteiger partial charge is 0.435 e. The fourth-order valence-corrected chi connectivity index (χ4v) is 3.61. The molecule has 0 radical (unpaired) electrons. The van der Waals surface area contributed by atoms with Crippen LogP contribution in [-0.4, -0.2) is 62.8 Å². The number of rotatable bonds is 3. The van der Waals surface area contributed by atoms with E-state index in [-0.39, 0.29) is 37.8 Å². The third kappa shape index (κ3) is 4.68. The van der Waals surface area contributed by atoms with E-state index in [2.05, 4.69) is 10.3 Å². The van der Waals surface area contributed by atoms with Crippen molar-refractivity contribution in [2.75, 3.05) is 26.2 Å². The Morgan fingerprint density at radius 2 is 1.39 bits per heavy atom. The maximum atomic E-state index is 13.8. The van der Waals surface area contributed by atoms with Crippen LogP contribution < -0.4 is 0 Å². The highest BCUT2D eigenvalue weighted by atomic mass is 35.5. The summed E-state index contributed by atoms with van der Waals surface area (Å²) in [6.45, 7) is 0.332. The van der Waals surface area contributed by atoms with E-state index in [9.17, 15) is 27.2 Å². The predicted octanol–water partition coefficient (Wildman–Crippen LogP) is 3.68. The van der Waals surface area contributed by atoms with Crippen LogP contribution in [0, 0.1) is 5.82 Å². The zero-order chi connectivity index (χ0) is 23.8. The maximum Gasteiger partial charge on any atom is 0.435 e. The fourth-order valence-electron chi connectivity index (χ4n) is 3.48. The van der Waals surface area contributed by atoms with Gasteiger partial charge in [0.05, 0.1) is 5.69 Å². The number of benzene rings is 2. The molecule has 0 saturated carbocycles. The van der Waals surface area contributed by atoms with Crippen LogP contribution in [0.3, 0.4) is 0 Å². The van der Waals surface area contributed by atoms with Crippen LogP contribution in [-0.2, 0) is 6.18 Å². The summed E-state index contributed by atoms with van der Waals surface area (Å²) in [5.41, 5.74) is -1.88. The van der Waals surface area contributed by atoms with Crippen molar-refractivity contribution in [3.63, 3.8) is 0 Å². The summed E-state index contributed by atoms with van der Waals surface area (Å²) in [4.78, 5) is 28.2. The van der Waals surface area contributed by atoms with Gasteiger partial charge >= 0.3 is 6.18 Å². The molecule has 4 rings (SSSR count). The Morgan fingerprint density at radius 3 is 1.94 bits per heavy atom. The summed E-state index contributed by atoms with van der Waals surface area (Å²) in [6, 6.07) is 10.5. The molecule has 0 spiro atoms. The molecule has 1 aromatic heterocycles. The van der Waals surface area contributed by atoms with Gasteiger partial charge in [-0.1, -0.05) is 16.8 Å². The number of carbonyl (C=O) groups is 2.